The number of hydrogen-bond acceptors (Lipinski definition) is 6. The van der Waals surface area contributed by atoms with Crippen LogP contribution in [0.5, 0.6) is 0 Å². The Morgan fingerprint density at radius 1 is 1.35 bits per heavy atom. The van der Waals surface area contributed by atoms with Gasteiger partial charge in [-0.25, -0.2) is 13.2 Å². The normalized spacial score (nSPS) is 12.2. The summed E-state index contributed by atoms with van der Waals surface area (Å²) in [4.78, 5) is 22.9. The molecule has 130 valence electrons. The molecular weight excluding hydrogens is 340 g/mol. The van der Waals surface area contributed by atoms with E-state index in [9.17, 15) is 18.0 Å². The molecule has 0 unspecified atom stereocenters. The van der Waals surface area contributed by atoms with Gasteiger partial charge in [0.25, 0.3) is 10.0 Å². The van der Waals surface area contributed by atoms with Gasteiger partial charge in [-0.05, 0) is 39.1 Å². The minimum Gasteiger partial charge on any atom is -0.444 e. The smallest absolute Gasteiger partial charge is 0.407 e. The molecule has 23 heavy (non-hydrogen) atoms. The van der Waals surface area contributed by atoms with Gasteiger partial charge in [-0.15, -0.1) is 11.3 Å². The molecule has 0 aliphatic heterocycles. The van der Waals surface area contributed by atoms with E-state index < -0.39 is 21.7 Å². The number of Topliss-reactive ketones (excluding diaryl/α,β-unsaturated/α-hetero) is 1. The van der Waals surface area contributed by atoms with Crippen molar-refractivity contribution < 1.29 is 22.7 Å². The van der Waals surface area contributed by atoms with Crippen molar-refractivity contribution >= 4 is 33.2 Å². The molecule has 0 bridgehead atoms. The zero-order valence-corrected chi connectivity index (χ0v) is 15.3. The Kier molecular flexibility index (Phi) is 6.72. The maximum atomic E-state index is 12.5. The van der Waals surface area contributed by atoms with E-state index in [4.69, 9.17) is 4.74 Å². The molecule has 0 aliphatic rings. The standard InChI is InChI=1S/C14H22N2O5S2/c1-11(17)10-16(23(19,20)12-6-5-9-22-12)8-7-15-13(18)21-14(2,3)4/h5-6,9H,7-8,10H2,1-4H3,(H,15,18). The SMILES string of the molecule is CC(=O)CN(CCNC(=O)OC(C)(C)C)S(=O)(=O)c1cccs1. The number of amides is 1. The van der Waals surface area contributed by atoms with Gasteiger partial charge in [0, 0.05) is 13.1 Å². The third-order valence-corrected chi connectivity index (χ3v) is 5.74. The second-order valence-corrected chi connectivity index (χ2v) is 9.01. The summed E-state index contributed by atoms with van der Waals surface area (Å²) in [5.74, 6) is -0.276. The van der Waals surface area contributed by atoms with Gasteiger partial charge in [-0.3, -0.25) is 4.79 Å². The van der Waals surface area contributed by atoms with Crippen molar-refractivity contribution in [2.75, 3.05) is 19.6 Å². The number of alkyl carbamates (subject to hydrolysis) is 1. The number of sulfonamides is 1. The number of ether oxygens (including phenoxy) is 1. The summed E-state index contributed by atoms with van der Waals surface area (Å²) < 4.78 is 31.2. The molecule has 1 aromatic heterocycles. The first-order chi connectivity index (χ1) is 10.5. The number of nitrogens with one attached hydrogen (secondary N) is 1. The van der Waals surface area contributed by atoms with Gasteiger partial charge in [-0.2, -0.15) is 4.31 Å². The second-order valence-electron chi connectivity index (χ2n) is 5.90. The van der Waals surface area contributed by atoms with Gasteiger partial charge in [0.2, 0.25) is 0 Å². The molecule has 0 fully saturated rings. The topological polar surface area (TPSA) is 92.8 Å². The molecule has 0 aliphatic carbocycles. The van der Waals surface area contributed by atoms with E-state index in [1.165, 1.54) is 13.0 Å². The maximum absolute atomic E-state index is 12.5. The lowest BCUT2D eigenvalue weighted by molar-refractivity contribution is -0.117. The Hall–Kier alpha value is -1.45. The first-order valence-corrected chi connectivity index (χ1v) is 9.34. The Morgan fingerprint density at radius 2 is 2.00 bits per heavy atom. The fourth-order valence-corrected chi connectivity index (χ4v) is 4.27. The van der Waals surface area contributed by atoms with Crippen LogP contribution in [0.4, 0.5) is 4.79 Å². The lowest BCUT2D eigenvalue weighted by atomic mass is 10.2. The van der Waals surface area contributed by atoms with E-state index in [1.54, 1.807) is 32.2 Å². The van der Waals surface area contributed by atoms with Crippen molar-refractivity contribution in [2.45, 2.75) is 37.5 Å². The predicted octanol–water partition coefficient (Wildman–Crippen LogP) is 1.85. The van der Waals surface area contributed by atoms with Gasteiger partial charge >= 0.3 is 6.09 Å². The summed E-state index contributed by atoms with van der Waals surface area (Å²) in [6.45, 7) is 6.31. The summed E-state index contributed by atoms with van der Waals surface area (Å²) >= 11 is 1.08. The molecule has 9 heteroatoms. The van der Waals surface area contributed by atoms with Crippen molar-refractivity contribution in [1.29, 1.82) is 0 Å². The second kappa shape index (κ2) is 7.89. The molecule has 1 N–H and O–H groups in total. The van der Waals surface area contributed by atoms with E-state index in [1.807, 2.05) is 0 Å². The summed E-state index contributed by atoms with van der Waals surface area (Å²) in [5, 5.41) is 4.14. The zero-order valence-electron chi connectivity index (χ0n) is 13.7. The van der Waals surface area contributed by atoms with Gasteiger partial charge in [0.1, 0.15) is 15.6 Å². The highest BCUT2D eigenvalue weighted by Gasteiger charge is 2.26. The van der Waals surface area contributed by atoms with Crippen molar-refractivity contribution in [3.05, 3.63) is 17.5 Å². The van der Waals surface area contributed by atoms with Gasteiger partial charge in [0.15, 0.2) is 0 Å². The van der Waals surface area contributed by atoms with Crippen molar-refractivity contribution in [1.82, 2.24) is 9.62 Å². The Bertz CT molecular complexity index is 633. The van der Waals surface area contributed by atoms with Crippen LogP contribution in [-0.2, 0) is 19.6 Å². The highest BCUT2D eigenvalue weighted by Crippen LogP contribution is 2.20. The molecule has 0 atom stereocenters. The van der Waals surface area contributed by atoms with E-state index in [-0.39, 0.29) is 29.6 Å². The molecule has 1 aromatic rings. The Morgan fingerprint density at radius 3 is 2.48 bits per heavy atom. The number of carbonyl (C=O) groups excluding carboxylic acids is 2. The molecule has 1 rings (SSSR count). The molecule has 0 saturated carbocycles. The number of thiophene rings is 1. The van der Waals surface area contributed by atoms with Crippen LogP contribution in [0.15, 0.2) is 21.7 Å². The first kappa shape index (κ1) is 19.6. The van der Waals surface area contributed by atoms with Crippen LogP contribution in [0.3, 0.4) is 0 Å². The van der Waals surface area contributed by atoms with E-state index in [0.29, 0.717) is 0 Å². The molecule has 1 heterocycles. The highest BCUT2D eigenvalue weighted by molar-refractivity contribution is 7.91. The molecule has 1 amide bonds. The third kappa shape index (κ3) is 6.67. The molecule has 0 spiro atoms. The molecule has 0 saturated heterocycles. The minimum atomic E-state index is -3.75. The lowest BCUT2D eigenvalue weighted by Gasteiger charge is -2.22. The quantitative estimate of drug-likeness (QED) is 0.799. The summed E-state index contributed by atoms with van der Waals surface area (Å²) in [5.41, 5.74) is -0.633. The minimum absolute atomic E-state index is 0.0148. The number of nitrogens with zero attached hydrogens (tertiary/aromatic N) is 1. The Balaban J connectivity index is 2.70. The monoisotopic (exact) mass is 362 g/mol. The van der Waals surface area contributed by atoms with Crippen LogP contribution in [-0.4, -0.2) is 49.8 Å². The van der Waals surface area contributed by atoms with Gasteiger partial charge < -0.3 is 10.1 Å². The number of carbonyl (C=O) groups is 2. The third-order valence-electron chi connectivity index (χ3n) is 2.52. The molecule has 0 radical (unpaired) electrons. The fourth-order valence-electron chi connectivity index (χ4n) is 1.67. The van der Waals surface area contributed by atoms with Crippen LogP contribution in [0.25, 0.3) is 0 Å². The first-order valence-electron chi connectivity index (χ1n) is 7.02. The van der Waals surface area contributed by atoms with Crippen LogP contribution < -0.4 is 5.32 Å². The maximum Gasteiger partial charge on any atom is 0.407 e. The average Bonchev–Trinajstić information content (AvgIpc) is 2.89. The highest BCUT2D eigenvalue weighted by atomic mass is 32.2. The predicted molar refractivity (Wildman–Crippen MR) is 88.0 cm³/mol. The van der Waals surface area contributed by atoms with Gasteiger partial charge in [0.05, 0.1) is 6.54 Å². The molecular formula is C14H22N2O5S2. The average molecular weight is 362 g/mol. The van der Waals surface area contributed by atoms with Crippen LogP contribution in [0.1, 0.15) is 27.7 Å². The van der Waals surface area contributed by atoms with Crippen LogP contribution in [0.2, 0.25) is 0 Å². The number of rotatable bonds is 7. The van der Waals surface area contributed by atoms with Crippen LogP contribution in [0, 0.1) is 0 Å². The van der Waals surface area contributed by atoms with E-state index >= 15 is 0 Å². The van der Waals surface area contributed by atoms with E-state index in [2.05, 4.69) is 5.32 Å². The fraction of sp³-hybridized carbons (Fsp3) is 0.571. The van der Waals surface area contributed by atoms with Crippen molar-refractivity contribution in [3.8, 4) is 0 Å². The molecule has 0 aromatic carbocycles. The summed E-state index contributed by atoms with van der Waals surface area (Å²) in [7, 11) is -3.75. The number of hydrogen-bond donors (Lipinski definition) is 1. The van der Waals surface area contributed by atoms with Crippen LogP contribution >= 0.6 is 11.3 Å². The molecule has 7 nitrogen and oxygen atoms in total. The Labute approximate surface area is 140 Å². The zero-order chi connectivity index (χ0) is 17.7. The summed E-state index contributed by atoms with van der Waals surface area (Å²) in [6, 6.07) is 3.11. The lowest BCUT2D eigenvalue weighted by Crippen LogP contribution is -2.41. The van der Waals surface area contributed by atoms with Crippen molar-refractivity contribution in [2.24, 2.45) is 0 Å². The number of ketones is 1. The van der Waals surface area contributed by atoms with E-state index in [0.717, 1.165) is 15.6 Å². The van der Waals surface area contributed by atoms with Crippen molar-refractivity contribution in [3.63, 3.8) is 0 Å². The van der Waals surface area contributed by atoms with Gasteiger partial charge in [-0.1, -0.05) is 6.07 Å². The largest absolute Gasteiger partial charge is 0.444 e. The summed E-state index contributed by atoms with van der Waals surface area (Å²) in [6.07, 6.45) is -0.631.